The fraction of sp³-hybridized carbons (Fsp3) is 0. The van der Waals surface area contributed by atoms with E-state index in [0.717, 1.165) is 10.2 Å². The van der Waals surface area contributed by atoms with Gasteiger partial charge in [-0.2, -0.15) is 5.26 Å². The van der Waals surface area contributed by atoms with Crippen molar-refractivity contribution in [3.8, 4) is 6.07 Å². The van der Waals surface area contributed by atoms with Crippen molar-refractivity contribution < 1.29 is 4.79 Å². The largest absolute Gasteiger partial charge is 0.399 e. The van der Waals surface area contributed by atoms with Gasteiger partial charge in [0.15, 0.2) is 0 Å². The fourth-order valence-electron chi connectivity index (χ4n) is 1.64. The minimum atomic E-state index is -0.494. The summed E-state index contributed by atoms with van der Waals surface area (Å²) in [4.78, 5) is 12.0. The standard InChI is InChI=1S/C16H13BrN4O/c17-14-3-1-2-4-15(14)20-10-11(9-18)16(22)21-13-7-5-12(19)6-8-13/h1-8,10,20H,19H2,(H,21,22)/b11-10-. The highest BCUT2D eigenvalue weighted by atomic mass is 79.9. The summed E-state index contributed by atoms with van der Waals surface area (Å²) in [5, 5.41) is 14.7. The normalized spacial score (nSPS) is 10.6. The quantitative estimate of drug-likeness (QED) is 0.444. The number of nitrogens with one attached hydrogen (secondary N) is 2. The van der Waals surface area contributed by atoms with Crippen LogP contribution in [-0.2, 0) is 4.79 Å². The molecule has 22 heavy (non-hydrogen) atoms. The molecule has 0 atom stereocenters. The Kier molecular flexibility index (Phi) is 5.17. The first-order chi connectivity index (χ1) is 10.6. The molecule has 0 fully saturated rings. The van der Waals surface area contributed by atoms with Crippen LogP contribution in [-0.4, -0.2) is 5.91 Å². The van der Waals surface area contributed by atoms with Gasteiger partial charge < -0.3 is 16.4 Å². The van der Waals surface area contributed by atoms with Crippen LogP contribution in [0.15, 0.2) is 64.8 Å². The van der Waals surface area contributed by atoms with Gasteiger partial charge in [-0.25, -0.2) is 0 Å². The van der Waals surface area contributed by atoms with Crippen LogP contribution >= 0.6 is 15.9 Å². The Balaban J connectivity index is 2.09. The lowest BCUT2D eigenvalue weighted by Crippen LogP contribution is -2.14. The third-order valence-corrected chi connectivity index (χ3v) is 3.47. The summed E-state index contributed by atoms with van der Waals surface area (Å²) in [5.74, 6) is -0.494. The van der Waals surface area contributed by atoms with Crippen molar-refractivity contribution in [2.75, 3.05) is 16.4 Å². The van der Waals surface area contributed by atoms with Gasteiger partial charge in [-0.1, -0.05) is 12.1 Å². The third kappa shape index (κ3) is 4.11. The van der Waals surface area contributed by atoms with Crippen LogP contribution in [0.25, 0.3) is 0 Å². The van der Waals surface area contributed by atoms with Crippen LogP contribution in [0.2, 0.25) is 0 Å². The maximum absolute atomic E-state index is 12.0. The second kappa shape index (κ2) is 7.29. The number of carbonyl (C=O) groups excluding carboxylic acids is 1. The van der Waals surface area contributed by atoms with Crippen LogP contribution in [0.5, 0.6) is 0 Å². The van der Waals surface area contributed by atoms with E-state index in [-0.39, 0.29) is 5.57 Å². The molecule has 2 aromatic carbocycles. The molecule has 0 saturated heterocycles. The second-order valence-corrected chi connectivity index (χ2v) is 5.22. The lowest BCUT2D eigenvalue weighted by molar-refractivity contribution is -0.112. The van der Waals surface area contributed by atoms with E-state index < -0.39 is 5.91 Å². The molecule has 0 aliphatic carbocycles. The number of nitriles is 1. The number of benzene rings is 2. The Labute approximate surface area is 136 Å². The molecule has 0 unspecified atom stereocenters. The molecule has 0 saturated carbocycles. The molecule has 2 rings (SSSR count). The van der Waals surface area contributed by atoms with Gasteiger partial charge in [-0.15, -0.1) is 0 Å². The predicted octanol–water partition coefficient (Wildman–Crippen LogP) is 3.49. The zero-order chi connectivity index (χ0) is 15.9. The number of nitrogens with zero attached hydrogens (tertiary/aromatic N) is 1. The molecule has 5 nitrogen and oxygen atoms in total. The van der Waals surface area contributed by atoms with Crippen molar-refractivity contribution >= 4 is 38.9 Å². The number of nitrogens with two attached hydrogens (primary N) is 1. The monoisotopic (exact) mass is 356 g/mol. The smallest absolute Gasteiger partial charge is 0.267 e. The maximum atomic E-state index is 12.0. The first-order valence-electron chi connectivity index (χ1n) is 6.38. The van der Waals surface area contributed by atoms with E-state index in [0.29, 0.717) is 11.4 Å². The number of hydrogen-bond donors (Lipinski definition) is 3. The van der Waals surface area contributed by atoms with Gasteiger partial charge in [0.25, 0.3) is 5.91 Å². The molecular weight excluding hydrogens is 344 g/mol. The summed E-state index contributed by atoms with van der Waals surface area (Å²) >= 11 is 3.38. The molecule has 4 N–H and O–H groups in total. The molecule has 0 heterocycles. The lowest BCUT2D eigenvalue weighted by Gasteiger charge is -2.06. The minimum absolute atomic E-state index is 0.0346. The molecule has 2 aromatic rings. The highest BCUT2D eigenvalue weighted by Crippen LogP contribution is 2.21. The summed E-state index contributed by atoms with van der Waals surface area (Å²) in [7, 11) is 0. The van der Waals surface area contributed by atoms with Crippen LogP contribution in [0, 0.1) is 11.3 Å². The molecule has 0 aliphatic rings. The van der Waals surface area contributed by atoms with E-state index in [1.165, 1.54) is 6.20 Å². The highest BCUT2D eigenvalue weighted by Gasteiger charge is 2.09. The van der Waals surface area contributed by atoms with Gasteiger partial charge in [0.05, 0.1) is 5.69 Å². The first kappa shape index (κ1) is 15.6. The average molecular weight is 357 g/mol. The van der Waals surface area contributed by atoms with Gasteiger partial charge in [0.2, 0.25) is 0 Å². The summed E-state index contributed by atoms with van der Waals surface area (Å²) < 4.78 is 0.836. The summed E-state index contributed by atoms with van der Waals surface area (Å²) in [5.41, 5.74) is 7.48. The molecule has 110 valence electrons. The highest BCUT2D eigenvalue weighted by molar-refractivity contribution is 9.10. The number of rotatable bonds is 4. The number of nitrogen functional groups attached to an aromatic ring is 1. The number of anilines is 3. The van der Waals surface area contributed by atoms with Gasteiger partial charge >= 0.3 is 0 Å². The lowest BCUT2D eigenvalue weighted by atomic mass is 10.2. The fourth-order valence-corrected chi connectivity index (χ4v) is 2.04. The second-order valence-electron chi connectivity index (χ2n) is 4.37. The Hall–Kier alpha value is -2.78. The molecule has 0 bridgehead atoms. The summed E-state index contributed by atoms with van der Waals surface area (Å²) in [6.07, 6.45) is 1.37. The number of halogens is 1. The van der Waals surface area contributed by atoms with Crippen molar-refractivity contribution in [3.63, 3.8) is 0 Å². The molecule has 0 radical (unpaired) electrons. The van der Waals surface area contributed by atoms with Crippen LogP contribution in [0.3, 0.4) is 0 Å². The van der Waals surface area contributed by atoms with Gasteiger partial charge in [0.1, 0.15) is 11.6 Å². The zero-order valence-electron chi connectivity index (χ0n) is 11.5. The van der Waals surface area contributed by atoms with Gasteiger partial charge in [0, 0.05) is 22.0 Å². The van der Waals surface area contributed by atoms with Crippen LogP contribution in [0.1, 0.15) is 0 Å². The van der Waals surface area contributed by atoms with Crippen molar-refractivity contribution in [2.45, 2.75) is 0 Å². The van der Waals surface area contributed by atoms with E-state index in [4.69, 9.17) is 11.0 Å². The first-order valence-corrected chi connectivity index (χ1v) is 7.17. The van der Waals surface area contributed by atoms with E-state index in [1.807, 2.05) is 30.3 Å². The van der Waals surface area contributed by atoms with E-state index in [1.54, 1.807) is 24.3 Å². The summed E-state index contributed by atoms with van der Waals surface area (Å²) in [6.45, 7) is 0. The van der Waals surface area contributed by atoms with Crippen molar-refractivity contribution in [1.82, 2.24) is 0 Å². The maximum Gasteiger partial charge on any atom is 0.267 e. The topological polar surface area (TPSA) is 90.9 Å². The Morgan fingerprint density at radius 2 is 1.86 bits per heavy atom. The molecule has 6 heteroatoms. The predicted molar refractivity (Wildman–Crippen MR) is 90.9 cm³/mol. The van der Waals surface area contributed by atoms with E-state index >= 15 is 0 Å². The van der Waals surface area contributed by atoms with Gasteiger partial charge in [-0.05, 0) is 52.3 Å². The Morgan fingerprint density at radius 3 is 2.50 bits per heavy atom. The average Bonchev–Trinajstić information content (AvgIpc) is 2.52. The van der Waals surface area contributed by atoms with Crippen LogP contribution < -0.4 is 16.4 Å². The van der Waals surface area contributed by atoms with Crippen molar-refractivity contribution in [2.24, 2.45) is 0 Å². The minimum Gasteiger partial charge on any atom is -0.399 e. The van der Waals surface area contributed by atoms with Crippen molar-refractivity contribution in [1.29, 1.82) is 5.26 Å². The number of amides is 1. The number of hydrogen-bond acceptors (Lipinski definition) is 4. The Bertz CT molecular complexity index is 747. The molecule has 0 aromatic heterocycles. The van der Waals surface area contributed by atoms with Gasteiger partial charge in [-0.3, -0.25) is 4.79 Å². The SMILES string of the molecule is N#C/C(=C/Nc1ccccc1Br)C(=O)Nc1ccc(N)cc1. The number of carbonyl (C=O) groups is 1. The van der Waals surface area contributed by atoms with Crippen LogP contribution in [0.4, 0.5) is 17.1 Å². The third-order valence-electron chi connectivity index (χ3n) is 2.78. The molecule has 0 aliphatic heterocycles. The van der Waals surface area contributed by atoms with Crippen molar-refractivity contribution in [3.05, 3.63) is 64.8 Å². The van der Waals surface area contributed by atoms with E-state index in [9.17, 15) is 4.79 Å². The molecular formula is C16H13BrN4O. The molecule has 1 amide bonds. The number of para-hydroxylation sites is 1. The zero-order valence-corrected chi connectivity index (χ0v) is 13.1. The molecule has 0 spiro atoms. The Morgan fingerprint density at radius 1 is 1.18 bits per heavy atom. The summed E-state index contributed by atoms with van der Waals surface area (Å²) in [6, 6.07) is 16.0. The van der Waals surface area contributed by atoms with E-state index in [2.05, 4.69) is 26.6 Å².